The average molecular weight is 607 g/mol. The zero-order chi connectivity index (χ0) is 29.4. The summed E-state index contributed by atoms with van der Waals surface area (Å²) in [6.45, 7) is 3.14. The number of carbonyl (C=O) groups excluding carboxylic acids is 2. The highest BCUT2D eigenvalue weighted by Gasteiger charge is 2.33. The van der Waals surface area contributed by atoms with Gasteiger partial charge in [0.25, 0.3) is 0 Å². The first-order valence-electron chi connectivity index (χ1n) is 12.6. The Balaban J connectivity index is 2.06. The van der Waals surface area contributed by atoms with Crippen molar-refractivity contribution in [2.24, 2.45) is 0 Å². The zero-order valence-electron chi connectivity index (χ0n) is 22.8. The standard InChI is InChI=1S/C29H33Cl2N3O5S/c1-20(2)32-29(36)27(17-21-8-6-5-7-9-21)33(18-22-10-15-25(30)26(31)16-22)28(35)19-34(40(4,37)38)23-11-13-24(39-3)14-12-23/h5-16,20,27H,17-19H2,1-4H3,(H,32,36)/t27-/m0/s1. The molecule has 0 saturated carbocycles. The number of nitrogens with one attached hydrogen (secondary N) is 1. The Morgan fingerprint density at radius 1 is 0.925 bits per heavy atom. The number of methoxy groups -OCH3 is 1. The Labute approximate surface area is 245 Å². The largest absolute Gasteiger partial charge is 0.497 e. The second-order valence-electron chi connectivity index (χ2n) is 9.61. The molecule has 40 heavy (non-hydrogen) atoms. The Morgan fingerprint density at radius 3 is 2.12 bits per heavy atom. The van der Waals surface area contributed by atoms with E-state index < -0.39 is 28.5 Å². The van der Waals surface area contributed by atoms with Crippen molar-refractivity contribution in [2.75, 3.05) is 24.2 Å². The minimum atomic E-state index is -3.87. The van der Waals surface area contributed by atoms with Gasteiger partial charge >= 0.3 is 0 Å². The first-order valence-corrected chi connectivity index (χ1v) is 15.2. The third kappa shape index (κ3) is 8.61. The van der Waals surface area contributed by atoms with E-state index in [0.29, 0.717) is 21.4 Å². The molecule has 0 bridgehead atoms. The van der Waals surface area contributed by atoms with Crippen LogP contribution in [0.2, 0.25) is 10.0 Å². The second-order valence-corrected chi connectivity index (χ2v) is 12.3. The van der Waals surface area contributed by atoms with Crippen LogP contribution in [0.1, 0.15) is 25.0 Å². The SMILES string of the molecule is COc1ccc(N(CC(=O)N(Cc2ccc(Cl)c(Cl)c2)[C@@H](Cc2ccccc2)C(=O)NC(C)C)S(C)(=O)=O)cc1. The molecule has 8 nitrogen and oxygen atoms in total. The van der Waals surface area contributed by atoms with E-state index in [1.807, 2.05) is 44.2 Å². The molecule has 11 heteroatoms. The number of ether oxygens (including phenoxy) is 1. The molecule has 3 rings (SSSR count). The highest BCUT2D eigenvalue weighted by molar-refractivity contribution is 7.92. The average Bonchev–Trinajstić information content (AvgIpc) is 2.90. The highest BCUT2D eigenvalue weighted by Crippen LogP contribution is 2.26. The van der Waals surface area contributed by atoms with Gasteiger partial charge in [-0.05, 0) is 61.4 Å². The normalized spacial score (nSPS) is 12.1. The van der Waals surface area contributed by atoms with Crippen molar-refractivity contribution in [3.63, 3.8) is 0 Å². The van der Waals surface area contributed by atoms with Crippen LogP contribution >= 0.6 is 23.2 Å². The molecular weight excluding hydrogens is 573 g/mol. The van der Waals surface area contributed by atoms with Crippen LogP contribution in [-0.4, -0.2) is 57.1 Å². The molecule has 0 aliphatic carbocycles. The van der Waals surface area contributed by atoms with Crippen LogP contribution < -0.4 is 14.4 Å². The van der Waals surface area contributed by atoms with Crippen LogP contribution in [0.4, 0.5) is 5.69 Å². The molecule has 3 aromatic rings. The number of nitrogens with zero attached hydrogens (tertiary/aromatic N) is 2. The van der Waals surface area contributed by atoms with E-state index in [1.165, 1.54) is 12.0 Å². The molecule has 0 spiro atoms. The van der Waals surface area contributed by atoms with Gasteiger partial charge < -0.3 is 15.0 Å². The number of anilines is 1. The van der Waals surface area contributed by atoms with Crippen LogP contribution in [0, 0.1) is 0 Å². The molecule has 0 fully saturated rings. The number of hydrogen-bond acceptors (Lipinski definition) is 5. The summed E-state index contributed by atoms with van der Waals surface area (Å²) in [7, 11) is -2.37. The lowest BCUT2D eigenvalue weighted by atomic mass is 10.0. The zero-order valence-corrected chi connectivity index (χ0v) is 25.1. The molecule has 0 heterocycles. The number of benzene rings is 3. The molecule has 0 saturated heterocycles. The maximum absolute atomic E-state index is 14.0. The maximum Gasteiger partial charge on any atom is 0.244 e. The molecule has 1 atom stereocenters. The van der Waals surface area contributed by atoms with Gasteiger partial charge in [0.05, 0.1) is 29.1 Å². The minimum absolute atomic E-state index is 0.00104. The van der Waals surface area contributed by atoms with E-state index in [1.54, 1.807) is 42.5 Å². The maximum atomic E-state index is 14.0. The summed E-state index contributed by atoms with van der Waals surface area (Å²) in [6, 6.07) is 19.5. The van der Waals surface area contributed by atoms with Crippen molar-refractivity contribution in [1.82, 2.24) is 10.2 Å². The van der Waals surface area contributed by atoms with Gasteiger partial charge in [-0.25, -0.2) is 8.42 Å². The van der Waals surface area contributed by atoms with Crippen molar-refractivity contribution in [3.8, 4) is 5.75 Å². The lowest BCUT2D eigenvalue weighted by Gasteiger charge is -2.34. The van der Waals surface area contributed by atoms with Gasteiger partial charge in [0.15, 0.2) is 0 Å². The third-order valence-corrected chi connectivity index (χ3v) is 7.96. The Kier molecular flexibility index (Phi) is 10.8. The predicted octanol–water partition coefficient (Wildman–Crippen LogP) is 4.93. The molecule has 0 aliphatic heterocycles. The fourth-order valence-electron chi connectivity index (χ4n) is 4.13. The van der Waals surface area contributed by atoms with Crippen LogP contribution in [-0.2, 0) is 32.6 Å². The van der Waals surface area contributed by atoms with Crippen molar-refractivity contribution >= 4 is 50.7 Å². The van der Waals surface area contributed by atoms with Gasteiger partial charge in [-0.1, -0.05) is 59.6 Å². The van der Waals surface area contributed by atoms with Gasteiger partial charge in [-0.15, -0.1) is 0 Å². The molecule has 214 valence electrons. The summed E-state index contributed by atoms with van der Waals surface area (Å²) in [5, 5.41) is 3.56. The first kappa shape index (κ1) is 31.3. The fraction of sp³-hybridized carbons (Fsp3) is 0.310. The van der Waals surface area contributed by atoms with Gasteiger partial charge in [0.1, 0.15) is 18.3 Å². The minimum Gasteiger partial charge on any atom is -0.497 e. The van der Waals surface area contributed by atoms with Crippen LogP contribution in [0.3, 0.4) is 0 Å². The summed E-state index contributed by atoms with van der Waals surface area (Å²) >= 11 is 12.4. The topological polar surface area (TPSA) is 96.0 Å². The summed E-state index contributed by atoms with van der Waals surface area (Å²) in [5.74, 6) is -0.382. The Bertz CT molecular complexity index is 1420. The number of carbonyl (C=O) groups is 2. The molecule has 0 radical (unpaired) electrons. The van der Waals surface area contributed by atoms with Crippen molar-refractivity contribution < 1.29 is 22.7 Å². The summed E-state index contributed by atoms with van der Waals surface area (Å²) in [6.07, 6.45) is 1.24. The van der Waals surface area contributed by atoms with Gasteiger partial charge in [-0.2, -0.15) is 0 Å². The van der Waals surface area contributed by atoms with E-state index in [-0.39, 0.29) is 30.6 Å². The van der Waals surface area contributed by atoms with Crippen LogP contribution in [0.15, 0.2) is 72.8 Å². The molecule has 1 N–H and O–H groups in total. The van der Waals surface area contributed by atoms with Gasteiger partial charge in [-0.3, -0.25) is 13.9 Å². The monoisotopic (exact) mass is 605 g/mol. The molecule has 0 aromatic heterocycles. The number of halogens is 2. The molecule has 0 aliphatic rings. The molecule has 0 unspecified atom stereocenters. The number of rotatable bonds is 12. The van der Waals surface area contributed by atoms with E-state index in [4.69, 9.17) is 27.9 Å². The lowest BCUT2D eigenvalue weighted by Crippen LogP contribution is -2.54. The van der Waals surface area contributed by atoms with Crippen LogP contribution in [0.25, 0.3) is 0 Å². The second kappa shape index (κ2) is 13.9. The Morgan fingerprint density at radius 2 is 1.57 bits per heavy atom. The van der Waals surface area contributed by atoms with Crippen LogP contribution in [0.5, 0.6) is 5.75 Å². The molecule has 3 aromatic carbocycles. The van der Waals surface area contributed by atoms with E-state index in [2.05, 4.69) is 5.32 Å². The van der Waals surface area contributed by atoms with E-state index in [9.17, 15) is 18.0 Å². The smallest absolute Gasteiger partial charge is 0.244 e. The Hall–Kier alpha value is -3.27. The predicted molar refractivity (Wildman–Crippen MR) is 159 cm³/mol. The first-order chi connectivity index (χ1) is 18.9. The summed E-state index contributed by atoms with van der Waals surface area (Å²) in [4.78, 5) is 29.0. The summed E-state index contributed by atoms with van der Waals surface area (Å²) in [5.41, 5.74) is 1.76. The van der Waals surface area contributed by atoms with Crippen molar-refractivity contribution in [1.29, 1.82) is 0 Å². The number of sulfonamides is 1. The van der Waals surface area contributed by atoms with Crippen molar-refractivity contribution in [2.45, 2.75) is 38.9 Å². The van der Waals surface area contributed by atoms with Crippen molar-refractivity contribution in [3.05, 3.63) is 94.0 Å². The molecule has 2 amide bonds. The number of hydrogen-bond donors (Lipinski definition) is 1. The highest BCUT2D eigenvalue weighted by atomic mass is 35.5. The van der Waals surface area contributed by atoms with Gasteiger partial charge in [0, 0.05) is 19.0 Å². The molecular formula is C29H33Cl2N3O5S. The summed E-state index contributed by atoms with van der Waals surface area (Å²) < 4.78 is 31.9. The van der Waals surface area contributed by atoms with Gasteiger partial charge in [0.2, 0.25) is 21.8 Å². The lowest BCUT2D eigenvalue weighted by molar-refractivity contribution is -0.140. The quantitative estimate of drug-likeness (QED) is 0.316. The van der Waals surface area contributed by atoms with E-state index in [0.717, 1.165) is 16.1 Å². The fourth-order valence-corrected chi connectivity index (χ4v) is 5.30. The van der Waals surface area contributed by atoms with E-state index >= 15 is 0 Å². The number of amides is 2. The third-order valence-electron chi connectivity index (χ3n) is 6.08.